The lowest BCUT2D eigenvalue weighted by atomic mass is 10.1. The molecule has 1 atom stereocenters. The first kappa shape index (κ1) is 12.9. The van der Waals surface area contributed by atoms with Gasteiger partial charge in [0.05, 0.1) is 6.54 Å². The largest absolute Gasteiger partial charge is 0.345 e. The number of amides is 1. The molecule has 1 aromatic heterocycles. The van der Waals surface area contributed by atoms with E-state index < -0.39 is 18.9 Å². The zero-order chi connectivity index (χ0) is 13.0. The minimum atomic E-state index is -2.55. The van der Waals surface area contributed by atoms with Gasteiger partial charge in [0.15, 0.2) is 0 Å². The van der Waals surface area contributed by atoms with Gasteiger partial charge in [-0.2, -0.15) is 0 Å². The Morgan fingerprint density at radius 1 is 1.61 bits per heavy atom. The van der Waals surface area contributed by atoms with Crippen LogP contribution in [0.4, 0.5) is 8.78 Å². The van der Waals surface area contributed by atoms with Gasteiger partial charge >= 0.3 is 0 Å². The van der Waals surface area contributed by atoms with Gasteiger partial charge in [0, 0.05) is 12.2 Å². The molecular weight excluding hydrogens is 240 g/mol. The molecule has 2 heterocycles. The van der Waals surface area contributed by atoms with E-state index in [1.165, 1.54) is 6.20 Å². The number of nitrogens with one attached hydrogen (secondary N) is 2. The minimum Gasteiger partial charge on any atom is -0.345 e. The molecule has 1 unspecified atom stereocenters. The van der Waals surface area contributed by atoms with Gasteiger partial charge in [-0.15, -0.1) is 0 Å². The Balaban J connectivity index is 2.04. The monoisotopic (exact) mass is 255 g/mol. The van der Waals surface area contributed by atoms with E-state index in [1.807, 2.05) is 6.07 Å². The van der Waals surface area contributed by atoms with Crippen molar-refractivity contribution in [1.29, 1.82) is 0 Å². The van der Waals surface area contributed by atoms with Crippen LogP contribution < -0.4 is 10.6 Å². The maximum Gasteiger partial charge on any atom is 0.270 e. The quantitative estimate of drug-likeness (QED) is 0.857. The SMILES string of the molecule is O=C(NCC(F)F)c1cc(C2CCCN2)ccn1. The topological polar surface area (TPSA) is 54.0 Å². The number of pyridine rings is 1. The summed E-state index contributed by atoms with van der Waals surface area (Å²) in [7, 11) is 0. The molecule has 0 spiro atoms. The number of carbonyl (C=O) groups excluding carboxylic acids is 1. The predicted molar refractivity (Wildman–Crippen MR) is 62.6 cm³/mol. The average Bonchev–Trinajstić information content (AvgIpc) is 2.90. The number of rotatable bonds is 4. The van der Waals surface area contributed by atoms with Crippen LogP contribution in [0.3, 0.4) is 0 Å². The summed E-state index contributed by atoms with van der Waals surface area (Å²) in [6.45, 7) is 0.312. The lowest BCUT2D eigenvalue weighted by Crippen LogP contribution is -2.29. The van der Waals surface area contributed by atoms with Gasteiger partial charge in [-0.05, 0) is 37.1 Å². The number of hydrogen-bond donors (Lipinski definition) is 2. The third-order valence-corrected chi connectivity index (χ3v) is 2.90. The molecule has 6 heteroatoms. The smallest absolute Gasteiger partial charge is 0.270 e. The number of halogens is 2. The fourth-order valence-corrected chi connectivity index (χ4v) is 2.02. The second kappa shape index (κ2) is 5.86. The Labute approximate surface area is 104 Å². The lowest BCUT2D eigenvalue weighted by Gasteiger charge is -2.11. The molecule has 1 aromatic rings. The highest BCUT2D eigenvalue weighted by atomic mass is 19.3. The van der Waals surface area contributed by atoms with Crippen LogP contribution >= 0.6 is 0 Å². The van der Waals surface area contributed by atoms with E-state index in [0.29, 0.717) is 0 Å². The Hall–Kier alpha value is -1.56. The number of carbonyl (C=O) groups is 1. The maximum atomic E-state index is 12.0. The molecule has 2 N–H and O–H groups in total. The summed E-state index contributed by atoms with van der Waals surface area (Å²) >= 11 is 0. The third kappa shape index (κ3) is 3.22. The first-order valence-corrected chi connectivity index (χ1v) is 5.92. The van der Waals surface area contributed by atoms with Gasteiger partial charge in [0.1, 0.15) is 5.69 Å². The van der Waals surface area contributed by atoms with Crippen molar-refractivity contribution in [2.45, 2.75) is 25.3 Å². The van der Waals surface area contributed by atoms with Gasteiger partial charge in [0.2, 0.25) is 0 Å². The molecular formula is C12H15F2N3O. The highest BCUT2D eigenvalue weighted by Gasteiger charge is 2.18. The van der Waals surface area contributed by atoms with Crippen molar-refractivity contribution in [1.82, 2.24) is 15.6 Å². The van der Waals surface area contributed by atoms with Crippen molar-refractivity contribution < 1.29 is 13.6 Å². The number of alkyl halides is 2. The summed E-state index contributed by atoms with van der Waals surface area (Å²) in [6, 6.07) is 3.73. The van der Waals surface area contributed by atoms with Crippen molar-refractivity contribution in [3.63, 3.8) is 0 Å². The summed E-state index contributed by atoms with van der Waals surface area (Å²) in [4.78, 5) is 15.5. The zero-order valence-electron chi connectivity index (χ0n) is 9.83. The van der Waals surface area contributed by atoms with Gasteiger partial charge in [0.25, 0.3) is 12.3 Å². The molecule has 0 saturated carbocycles. The molecule has 4 nitrogen and oxygen atoms in total. The summed E-state index contributed by atoms with van der Waals surface area (Å²) in [5.41, 5.74) is 1.16. The zero-order valence-corrected chi connectivity index (χ0v) is 9.83. The second-order valence-corrected chi connectivity index (χ2v) is 4.22. The first-order valence-electron chi connectivity index (χ1n) is 5.92. The number of aromatic nitrogens is 1. The van der Waals surface area contributed by atoms with Crippen LogP contribution in [-0.2, 0) is 0 Å². The number of hydrogen-bond acceptors (Lipinski definition) is 3. The molecule has 0 aliphatic carbocycles. The molecule has 1 aliphatic rings. The van der Waals surface area contributed by atoms with E-state index in [9.17, 15) is 13.6 Å². The Bertz CT molecular complexity index is 420. The van der Waals surface area contributed by atoms with Crippen molar-refractivity contribution in [3.8, 4) is 0 Å². The maximum absolute atomic E-state index is 12.0. The molecule has 0 bridgehead atoms. The van der Waals surface area contributed by atoms with E-state index >= 15 is 0 Å². The van der Waals surface area contributed by atoms with Crippen molar-refractivity contribution >= 4 is 5.91 Å². The van der Waals surface area contributed by atoms with E-state index in [2.05, 4.69) is 15.6 Å². The summed E-state index contributed by atoms with van der Waals surface area (Å²) < 4.78 is 24.0. The summed E-state index contributed by atoms with van der Waals surface area (Å²) in [5.74, 6) is -0.560. The summed E-state index contributed by atoms with van der Waals surface area (Å²) in [5, 5.41) is 5.45. The fourth-order valence-electron chi connectivity index (χ4n) is 2.02. The van der Waals surface area contributed by atoms with E-state index in [1.54, 1.807) is 6.07 Å². The molecule has 98 valence electrons. The van der Waals surface area contributed by atoms with E-state index in [0.717, 1.165) is 24.9 Å². The fraction of sp³-hybridized carbons (Fsp3) is 0.500. The van der Waals surface area contributed by atoms with Crippen LogP contribution in [-0.4, -0.2) is 30.4 Å². The van der Waals surface area contributed by atoms with Crippen LogP contribution in [0.15, 0.2) is 18.3 Å². The van der Waals surface area contributed by atoms with Crippen LogP contribution in [0, 0.1) is 0 Å². The molecule has 1 saturated heterocycles. The van der Waals surface area contributed by atoms with Gasteiger partial charge in [-0.25, -0.2) is 8.78 Å². The highest BCUT2D eigenvalue weighted by Crippen LogP contribution is 2.22. The van der Waals surface area contributed by atoms with E-state index in [4.69, 9.17) is 0 Å². The lowest BCUT2D eigenvalue weighted by molar-refractivity contribution is 0.0887. The summed E-state index contributed by atoms with van der Waals surface area (Å²) in [6.07, 6.45) is 1.10. The van der Waals surface area contributed by atoms with Crippen molar-refractivity contribution in [2.24, 2.45) is 0 Å². The standard InChI is InChI=1S/C12H15F2N3O/c13-11(14)7-17-12(18)10-6-8(3-5-16-10)9-2-1-4-15-9/h3,5-6,9,11,15H,1-2,4,7H2,(H,17,18). The van der Waals surface area contributed by atoms with Gasteiger partial charge in [-0.3, -0.25) is 9.78 Å². The normalized spacial score (nSPS) is 19.2. The van der Waals surface area contributed by atoms with Crippen molar-refractivity contribution in [3.05, 3.63) is 29.6 Å². The van der Waals surface area contributed by atoms with Crippen LogP contribution in [0.5, 0.6) is 0 Å². The average molecular weight is 255 g/mol. The molecule has 2 rings (SSSR count). The second-order valence-electron chi connectivity index (χ2n) is 4.22. The van der Waals surface area contributed by atoms with Gasteiger partial charge in [-0.1, -0.05) is 0 Å². The van der Waals surface area contributed by atoms with Gasteiger partial charge < -0.3 is 10.6 Å². The Morgan fingerprint density at radius 2 is 2.44 bits per heavy atom. The molecule has 1 aliphatic heterocycles. The van der Waals surface area contributed by atoms with Crippen LogP contribution in [0.25, 0.3) is 0 Å². The van der Waals surface area contributed by atoms with E-state index in [-0.39, 0.29) is 11.7 Å². The Kier molecular flexibility index (Phi) is 4.19. The minimum absolute atomic E-state index is 0.182. The Morgan fingerprint density at radius 3 is 3.11 bits per heavy atom. The van der Waals surface area contributed by atoms with Crippen LogP contribution in [0.1, 0.15) is 34.9 Å². The molecule has 18 heavy (non-hydrogen) atoms. The first-order chi connectivity index (χ1) is 8.66. The highest BCUT2D eigenvalue weighted by molar-refractivity contribution is 5.92. The predicted octanol–water partition coefficient (Wildman–Crippen LogP) is 1.50. The molecule has 0 aromatic carbocycles. The third-order valence-electron chi connectivity index (χ3n) is 2.90. The van der Waals surface area contributed by atoms with Crippen LogP contribution in [0.2, 0.25) is 0 Å². The van der Waals surface area contributed by atoms with Crippen molar-refractivity contribution in [2.75, 3.05) is 13.1 Å². The number of nitrogens with zero attached hydrogens (tertiary/aromatic N) is 1. The molecule has 1 fully saturated rings. The molecule has 1 amide bonds. The molecule has 0 radical (unpaired) electrons.